The fourth-order valence-electron chi connectivity index (χ4n) is 2.11. The second-order valence-corrected chi connectivity index (χ2v) is 5.57. The number of benzene rings is 1. The van der Waals surface area contributed by atoms with E-state index in [1.54, 1.807) is 19.1 Å². The van der Waals surface area contributed by atoms with Crippen LogP contribution in [-0.4, -0.2) is 28.4 Å². The van der Waals surface area contributed by atoms with E-state index in [4.69, 9.17) is 0 Å². The Morgan fingerprint density at radius 3 is 2.55 bits per heavy atom. The molecule has 2 N–H and O–H groups in total. The van der Waals surface area contributed by atoms with E-state index in [2.05, 4.69) is 10.3 Å². The van der Waals surface area contributed by atoms with E-state index >= 15 is 0 Å². The van der Waals surface area contributed by atoms with Crippen molar-refractivity contribution in [1.29, 1.82) is 0 Å². The first-order chi connectivity index (χ1) is 9.25. The van der Waals surface area contributed by atoms with Gasteiger partial charge in [0.1, 0.15) is 11.4 Å². The highest BCUT2D eigenvalue weighted by Gasteiger charge is 2.42. The maximum Gasteiger partial charge on any atom is 0.336 e. The standard InChI is InChI=1S/C15H18N2O3/c1-8(2)15(4)14(20)16-12(17-15)10-6-5-9(3)7-11(10)13(18)19/h5-8H,1-4H3,(H,18,19)(H,16,17,20). The largest absolute Gasteiger partial charge is 0.478 e. The fraction of sp³-hybridized carbons (Fsp3) is 0.400. The lowest BCUT2D eigenvalue weighted by Crippen LogP contribution is -2.41. The molecule has 1 aliphatic rings. The topological polar surface area (TPSA) is 78.8 Å². The molecule has 106 valence electrons. The van der Waals surface area contributed by atoms with Crippen molar-refractivity contribution in [3.63, 3.8) is 0 Å². The minimum atomic E-state index is -1.03. The maximum atomic E-state index is 12.1. The zero-order valence-electron chi connectivity index (χ0n) is 12.0. The molecule has 0 fully saturated rings. The molecule has 20 heavy (non-hydrogen) atoms. The number of carbonyl (C=O) groups is 2. The van der Waals surface area contributed by atoms with Gasteiger partial charge in [-0.05, 0) is 25.8 Å². The van der Waals surface area contributed by atoms with E-state index < -0.39 is 11.5 Å². The van der Waals surface area contributed by atoms with Gasteiger partial charge in [-0.3, -0.25) is 9.79 Å². The van der Waals surface area contributed by atoms with E-state index in [0.717, 1.165) is 5.56 Å². The highest BCUT2D eigenvalue weighted by molar-refractivity contribution is 6.18. The van der Waals surface area contributed by atoms with Crippen LogP contribution in [0.25, 0.3) is 0 Å². The Morgan fingerprint density at radius 1 is 1.40 bits per heavy atom. The average molecular weight is 274 g/mol. The monoisotopic (exact) mass is 274 g/mol. The molecule has 5 nitrogen and oxygen atoms in total. The fourth-order valence-corrected chi connectivity index (χ4v) is 2.11. The normalized spacial score (nSPS) is 21.9. The minimum absolute atomic E-state index is 0.0266. The molecule has 0 radical (unpaired) electrons. The Kier molecular flexibility index (Phi) is 3.38. The molecule has 1 aliphatic heterocycles. The van der Waals surface area contributed by atoms with Gasteiger partial charge in [0.25, 0.3) is 5.91 Å². The maximum absolute atomic E-state index is 12.1. The number of carboxylic acids is 1. The predicted molar refractivity (Wildman–Crippen MR) is 76.1 cm³/mol. The van der Waals surface area contributed by atoms with Gasteiger partial charge < -0.3 is 10.4 Å². The number of hydrogen-bond acceptors (Lipinski definition) is 3. The summed E-state index contributed by atoms with van der Waals surface area (Å²) in [5, 5.41) is 12.0. The lowest BCUT2D eigenvalue weighted by atomic mass is 9.89. The first-order valence-corrected chi connectivity index (χ1v) is 6.51. The summed E-state index contributed by atoms with van der Waals surface area (Å²) in [5.74, 6) is -0.861. The van der Waals surface area contributed by atoms with Crippen LogP contribution in [0.1, 0.15) is 42.3 Å². The number of aromatic carboxylic acids is 1. The molecule has 2 rings (SSSR count). The van der Waals surface area contributed by atoms with Crippen molar-refractivity contribution in [3.8, 4) is 0 Å². The van der Waals surface area contributed by atoms with Crippen molar-refractivity contribution in [2.45, 2.75) is 33.2 Å². The number of amidine groups is 1. The minimum Gasteiger partial charge on any atom is -0.478 e. The van der Waals surface area contributed by atoms with Crippen LogP contribution < -0.4 is 5.32 Å². The Morgan fingerprint density at radius 2 is 2.05 bits per heavy atom. The summed E-state index contributed by atoms with van der Waals surface area (Å²) in [4.78, 5) is 27.9. The van der Waals surface area contributed by atoms with Gasteiger partial charge in [-0.1, -0.05) is 31.5 Å². The quantitative estimate of drug-likeness (QED) is 0.884. The number of aryl methyl sites for hydroxylation is 1. The molecular weight excluding hydrogens is 256 g/mol. The molecule has 1 aromatic rings. The lowest BCUT2D eigenvalue weighted by molar-refractivity contribution is -0.124. The molecule has 1 atom stereocenters. The Balaban J connectivity index is 2.54. The summed E-state index contributed by atoms with van der Waals surface area (Å²) in [6.45, 7) is 7.41. The van der Waals surface area contributed by atoms with E-state index in [1.807, 2.05) is 26.8 Å². The molecular formula is C15H18N2O3. The molecule has 0 aliphatic carbocycles. The van der Waals surface area contributed by atoms with E-state index in [9.17, 15) is 14.7 Å². The number of aliphatic imine (C=N–C) groups is 1. The highest BCUT2D eigenvalue weighted by Crippen LogP contribution is 2.27. The predicted octanol–water partition coefficient (Wildman–Crippen LogP) is 1.98. The third-order valence-corrected chi connectivity index (χ3v) is 3.82. The van der Waals surface area contributed by atoms with Crippen LogP contribution in [0.2, 0.25) is 0 Å². The number of rotatable bonds is 3. The van der Waals surface area contributed by atoms with Crippen LogP contribution in [0.15, 0.2) is 23.2 Å². The van der Waals surface area contributed by atoms with Crippen LogP contribution in [0.3, 0.4) is 0 Å². The summed E-state index contributed by atoms with van der Waals surface area (Å²) >= 11 is 0. The Hall–Kier alpha value is -2.17. The number of nitrogens with zero attached hydrogens (tertiary/aromatic N) is 1. The van der Waals surface area contributed by atoms with E-state index in [1.165, 1.54) is 0 Å². The number of carbonyl (C=O) groups excluding carboxylic acids is 1. The van der Waals surface area contributed by atoms with Gasteiger partial charge in [0, 0.05) is 5.56 Å². The van der Waals surface area contributed by atoms with Gasteiger partial charge in [0.15, 0.2) is 0 Å². The van der Waals surface area contributed by atoms with Crippen molar-refractivity contribution in [3.05, 3.63) is 34.9 Å². The molecule has 0 saturated heterocycles. The molecule has 1 aromatic carbocycles. The summed E-state index contributed by atoms with van der Waals surface area (Å²) in [7, 11) is 0. The van der Waals surface area contributed by atoms with Crippen LogP contribution >= 0.6 is 0 Å². The summed E-state index contributed by atoms with van der Waals surface area (Å²) < 4.78 is 0. The number of carboxylic acid groups (broad SMARTS) is 1. The molecule has 1 amide bonds. The third kappa shape index (κ3) is 2.19. The smallest absolute Gasteiger partial charge is 0.336 e. The lowest BCUT2D eigenvalue weighted by Gasteiger charge is -2.21. The van der Waals surface area contributed by atoms with Gasteiger partial charge in [0.2, 0.25) is 0 Å². The number of hydrogen-bond donors (Lipinski definition) is 2. The van der Waals surface area contributed by atoms with Crippen molar-refractivity contribution in [2.24, 2.45) is 10.9 Å². The Bertz CT molecular complexity index is 620. The van der Waals surface area contributed by atoms with Crippen LogP contribution in [0.5, 0.6) is 0 Å². The van der Waals surface area contributed by atoms with Crippen molar-refractivity contribution in [2.75, 3.05) is 0 Å². The molecule has 5 heteroatoms. The summed E-state index contributed by atoms with van der Waals surface area (Å²) in [5.41, 5.74) is 0.594. The number of nitrogens with one attached hydrogen (secondary N) is 1. The van der Waals surface area contributed by atoms with Crippen molar-refractivity contribution >= 4 is 17.7 Å². The molecule has 0 saturated carbocycles. The van der Waals surface area contributed by atoms with Gasteiger partial charge in [-0.2, -0.15) is 0 Å². The Labute approximate surface area is 117 Å². The number of amides is 1. The van der Waals surface area contributed by atoms with E-state index in [-0.39, 0.29) is 17.4 Å². The summed E-state index contributed by atoms with van der Waals surface area (Å²) in [6.07, 6.45) is 0. The van der Waals surface area contributed by atoms with E-state index in [0.29, 0.717) is 11.4 Å². The van der Waals surface area contributed by atoms with Gasteiger partial charge in [-0.25, -0.2) is 4.79 Å². The van der Waals surface area contributed by atoms with Gasteiger partial charge in [0.05, 0.1) is 5.56 Å². The molecule has 1 heterocycles. The molecule has 0 spiro atoms. The van der Waals surface area contributed by atoms with Gasteiger partial charge in [-0.15, -0.1) is 0 Å². The second-order valence-electron chi connectivity index (χ2n) is 5.57. The molecule has 1 unspecified atom stereocenters. The van der Waals surface area contributed by atoms with Crippen LogP contribution in [0, 0.1) is 12.8 Å². The third-order valence-electron chi connectivity index (χ3n) is 3.82. The highest BCUT2D eigenvalue weighted by atomic mass is 16.4. The average Bonchev–Trinajstić information content (AvgIpc) is 2.66. The first-order valence-electron chi connectivity index (χ1n) is 6.51. The molecule has 0 bridgehead atoms. The van der Waals surface area contributed by atoms with Crippen LogP contribution in [0.4, 0.5) is 0 Å². The summed E-state index contributed by atoms with van der Waals surface area (Å²) in [6, 6.07) is 5.07. The second kappa shape index (κ2) is 4.74. The SMILES string of the molecule is Cc1ccc(C2=NC(C)(C(C)C)C(=O)N2)c(C(=O)O)c1. The molecule has 0 aromatic heterocycles. The van der Waals surface area contributed by atoms with Crippen molar-refractivity contribution < 1.29 is 14.7 Å². The zero-order valence-corrected chi connectivity index (χ0v) is 12.0. The van der Waals surface area contributed by atoms with Gasteiger partial charge >= 0.3 is 5.97 Å². The zero-order chi connectivity index (χ0) is 15.1. The first kappa shape index (κ1) is 14.2. The van der Waals surface area contributed by atoms with Crippen LogP contribution in [-0.2, 0) is 4.79 Å². The van der Waals surface area contributed by atoms with Crippen molar-refractivity contribution in [1.82, 2.24) is 5.32 Å².